The van der Waals surface area contributed by atoms with Gasteiger partial charge in [0.05, 0.1) is 10.0 Å². The van der Waals surface area contributed by atoms with Crippen molar-refractivity contribution in [2.45, 2.75) is 6.42 Å². The van der Waals surface area contributed by atoms with Crippen molar-refractivity contribution in [1.29, 1.82) is 0 Å². The highest BCUT2D eigenvalue weighted by Crippen LogP contribution is 2.20. The second-order valence-corrected chi connectivity index (χ2v) is 4.85. The molecule has 2 rings (SSSR count). The van der Waals surface area contributed by atoms with E-state index in [2.05, 4.69) is 21.2 Å². The summed E-state index contributed by atoms with van der Waals surface area (Å²) in [6.45, 7) is 1.12. The van der Waals surface area contributed by atoms with Gasteiger partial charge in [-0.05, 0) is 28.1 Å². The summed E-state index contributed by atoms with van der Waals surface area (Å²) in [4.78, 5) is 24.8. The van der Waals surface area contributed by atoms with Crippen LogP contribution in [0.1, 0.15) is 16.8 Å². The van der Waals surface area contributed by atoms with E-state index in [1.807, 2.05) is 0 Å². The van der Waals surface area contributed by atoms with Crippen molar-refractivity contribution in [2.24, 2.45) is 0 Å². The molecule has 1 aliphatic heterocycles. The zero-order valence-electron chi connectivity index (χ0n) is 9.58. The molecule has 96 valence electrons. The molecule has 0 spiro atoms. The summed E-state index contributed by atoms with van der Waals surface area (Å²) in [5.41, 5.74) is 0.0266. The van der Waals surface area contributed by atoms with Gasteiger partial charge >= 0.3 is 0 Å². The quantitative estimate of drug-likeness (QED) is 0.855. The third-order valence-electron chi connectivity index (χ3n) is 2.78. The summed E-state index contributed by atoms with van der Waals surface area (Å²) in [7, 11) is 0. The minimum absolute atomic E-state index is 0.0266. The predicted octanol–water partition coefficient (Wildman–Crippen LogP) is 1.55. The molecule has 4 nitrogen and oxygen atoms in total. The highest BCUT2D eigenvalue weighted by Gasteiger charge is 2.22. The van der Waals surface area contributed by atoms with Gasteiger partial charge in [0.2, 0.25) is 5.91 Å². The Morgan fingerprint density at radius 2 is 2.17 bits per heavy atom. The summed E-state index contributed by atoms with van der Waals surface area (Å²) < 4.78 is 14.1. The first-order valence-corrected chi connectivity index (χ1v) is 6.39. The Morgan fingerprint density at radius 1 is 1.39 bits per heavy atom. The van der Waals surface area contributed by atoms with E-state index in [1.165, 1.54) is 11.0 Å². The molecule has 1 fully saturated rings. The zero-order valence-corrected chi connectivity index (χ0v) is 11.2. The Balaban J connectivity index is 2.20. The van der Waals surface area contributed by atoms with Crippen LogP contribution < -0.4 is 5.32 Å². The van der Waals surface area contributed by atoms with E-state index in [0.717, 1.165) is 0 Å². The molecule has 1 saturated heterocycles. The average Bonchev–Trinajstić information content (AvgIpc) is 2.57. The fourth-order valence-corrected chi connectivity index (χ4v) is 2.18. The average molecular weight is 315 g/mol. The van der Waals surface area contributed by atoms with Gasteiger partial charge in [-0.1, -0.05) is 6.07 Å². The summed E-state index contributed by atoms with van der Waals surface area (Å²) in [6, 6.07) is 4.60. The minimum Gasteiger partial charge on any atom is -0.354 e. The number of hydrogen-bond donors (Lipinski definition) is 1. The molecule has 1 aromatic carbocycles. The third kappa shape index (κ3) is 2.69. The molecule has 1 heterocycles. The molecule has 0 saturated carbocycles. The van der Waals surface area contributed by atoms with Gasteiger partial charge in [-0.3, -0.25) is 9.59 Å². The highest BCUT2D eigenvalue weighted by atomic mass is 79.9. The lowest BCUT2D eigenvalue weighted by Gasteiger charge is -2.19. The summed E-state index contributed by atoms with van der Waals surface area (Å²) >= 11 is 3.05. The smallest absolute Gasteiger partial charge is 0.256 e. The lowest BCUT2D eigenvalue weighted by atomic mass is 10.2. The fraction of sp³-hybridized carbons (Fsp3) is 0.333. The Bertz CT molecular complexity index is 493. The summed E-state index contributed by atoms with van der Waals surface area (Å²) in [5, 5.41) is 2.67. The number of halogens is 2. The second kappa shape index (κ2) is 5.48. The van der Waals surface area contributed by atoms with Gasteiger partial charge in [-0.15, -0.1) is 0 Å². The maximum absolute atomic E-state index is 13.8. The number of amides is 2. The third-order valence-corrected chi connectivity index (χ3v) is 3.39. The van der Waals surface area contributed by atoms with E-state index in [1.54, 1.807) is 12.1 Å². The Hall–Kier alpha value is -1.43. The van der Waals surface area contributed by atoms with Gasteiger partial charge in [0.25, 0.3) is 5.91 Å². The topological polar surface area (TPSA) is 49.4 Å². The first kappa shape index (κ1) is 13.0. The second-order valence-electron chi connectivity index (χ2n) is 3.99. The van der Waals surface area contributed by atoms with Crippen molar-refractivity contribution in [3.63, 3.8) is 0 Å². The molecule has 0 bridgehead atoms. The minimum atomic E-state index is -0.564. The van der Waals surface area contributed by atoms with Gasteiger partial charge in [-0.25, -0.2) is 4.39 Å². The zero-order chi connectivity index (χ0) is 13.1. The van der Waals surface area contributed by atoms with Crippen LogP contribution in [-0.4, -0.2) is 36.3 Å². The summed E-state index contributed by atoms with van der Waals surface area (Å²) in [5.74, 6) is -1.03. The van der Waals surface area contributed by atoms with E-state index >= 15 is 0 Å². The molecule has 0 radical (unpaired) electrons. The Morgan fingerprint density at radius 3 is 2.94 bits per heavy atom. The first-order valence-electron chi connectivity index (χ1n) is 5.59. The molecule has 1 N–H and O–H groups in total. The maximum atomic E-state index is 13.8. The molecule has 0 atom stereocenters. The Kier molecular flexibility index (Phi) is 3.96. The number of hydrogen-bond acceptors (Lipinski definition) is 2. The van der Waals surface area contributed by atoms with Gasteiger partial charge in [0.15, 0.2) is 0 Å². The molecule has 18 heavy (non-hydrogen) atoms. The van der Waals surface area contributed by atoms with Crippen molar-refractivity contribution in [3.05, 3.63) is 34.1 Å². The van der Waals surface area contributed by atoms with Crippen LogP contribution in [-0.2, 0) is 4.79 Å². The molecule has 6 heteroatoms. The number of nitrogens with one attached hydrogen (secondary N) is 1. The molecular formula is C12H12BrFN2O2. The molecule has 0 unspecified atom stereocenters. The maximum Gasteiger partial charge on any atom is 0.256 e. The molecule has 1 aliphatic rings. The largest absolute Gasteiger partial charge is 0.354 e. The van der Waals surface area contributed by atoms with Crippen LogP contribution in [0.5, 0.6) is 0 Å². The monoisotopic (exact) mass is 314 g/mol. The first-order chi connectivity index (χ1) is 8.59. The lowest BCUT2D eigenvalue weighted by molar-refractivity contribution is -0.120. The van der Waals surface area contributed by atoms with E-state index in [0.29, 0.717) is 19.6 Å². The summed E-state index contributed by atoms with van der Waals surface area (Å²) in [6.07, 6.45) is 0.251. The van der Waals surface area contributed by atoms with Crippen LogP contribution in [0.2, 0.25) is 0 Å². The standard InChI is InChI=1S/C12H12BrFN2O2/c13-9-3-1-2-8(11(9)14)12(18)16-6-4-10(17)15-5-7-16/h1-3H,4-7H2,(H,15,17). The SMILES string of the molecule is O=C1CCN(C(=O)c2cccc(Br)c2F)CCN1. The van der Waals surface area contributed by atoms with Crippen LogP contribution in [0.25, 0.3) is 0 Å². The fourth-order valence-electron chi connectivity index (χ4n) is 1.81. The van der Waals surface area contributed by atoms with Crippen LogP contribution in [0.3, 0.4) is 0 Å². The van der Waals surface area contributed by atoms with Crippen LogP contribution in [0.4, 0.5) is 4.39 Å². The molecule has 0 aromatic heterocycles. The number of carbonyl (C=O) groups excluding carboxylic acids is 2. The normalized spacial score (nSPS) is 16.1. The van der Waals surface area contributed by atoms with Crippen molar-refractivity contribution >= 4 is 27.7 Å². The Labute approximate surface area is 112 Å². The van der Waals surface area contributed by atoms with Crippen molar-refractivity contribution in [1.82, 2.24) is 10.2 Å². The van der Waals surface area contributed by atoms with Crippen LogP contribution in [0.15, 0.2) is 22.7 Å². The molecule has 1 aromatic rings. The molecule has 0 aliphatic carbocycles. The van der Waals surface area contributed by atoms with Crippen molar-refractivity contribution in [3.8, 4) is 0 Å². The van der Waals surface area contributed by atoms with E-state index in [9.17, 15) is 14.0 Å². The van der Waals surface area contributed by atoms with Crippen LogP contribution in [0, 0.1) is 5.82 Å². The van der Waals surface area contributed by atoms with Gasteiger partial charge < -0.3 is 10.2 Å². The van der Waals surface area contributed by atoms with Gasteiger partial charge in [0.1, 0.15) is 5.82 Å². The van der Waals surface area contributed by atoms with Crippen molar-refractivity contribution < 1.29 is 14.0 Å². The lowest BCUT2D eigenvalue weighted by Crippen LogP contribution is -2.34. The predicted molar refractivity (Wildman–Crippen MR) is 67.6 cm³/mol. The molecule has 2 amide bonds. The highest BCUT2D eigenvalue weighted by molar-refractivity contribution is 9.10. The number of carbonyl (C=O) groups is 2. The van der Waals surface area contributed by atoms with E-state index < -0.39 is 5.82 Å². The van der Waals surface area contributed by atoms with E-state index in [-0.39, 0.29) is 28.3 Å². The number of rotatable bonds is 1. The van der Waals surface area contributed by atoms with Gasteiger partial charge in [-0.2, -0.15) is 0 Å². The number of nitrogens with zero attached hydrogens (tertiary/aromatic N) is 1. The van der Waals surface area contributed by atoms with Crippen LogP contribution >= 0.6 is 15.9 Å². The van der Waals surface area contributed by atoms with Crippen molar-refractivity contribution in [2.75, 3.05) is 19.6 Å². The van der Waals surface area contributed by atoms with Gasteiger partial charge in [0, 0.05) is 26.1 Å². The molecular weight excluding hydrogens is 303 g/mol. The van der Waals surface area contributed by atoms with E-state index in [4.69, 9.17) is 0 Å². The number of benzene rings is 1.